The number of carboxylic acid groups (broad SMARTS) is 4. The van der Waals surface area contributed by atoms with Crippen molar-refractivity contribution in [1.82, 2.24) is 19.9 Å². The van der Waals surface area contributed by atoms with Crippen LogP contribution in [0.25, 0.3) is 44.5 Å². The van der Waals surface area contributed by atoms with E-state index >= 15 is 17.6 Å². The molecule has 19 heteroatoms. The van der Waals surface area contributed by atoms with Gasteiger partial charge in [-0.1, -0.05) is 0 Å². The first-order valence-electron chi connectivity index (χ1n) is 14.9. The number of carbonyl (C=O) groups is 4. The summed E-state index contributed by atoms with van der Waals surface area (Å²) in [6, 6.07) is 7.33. The van der Waals surface area contributed by atoms with Gasteiger partial charge in [0.2, 0.25) is 0 Å². The maximum atomic E-state index is 15.8. The molecule has 0 saturated carbocycles. The molecule has 6 rings (SSSR count). The van der Waals surface area contributed by atoms with Crippen LogP contribution >= 0.6 is 0 Å². The molecule has 55 heavy (non-hydrogen) atoms. The standard InChI is InChI=1S/2C18H8F3N2O4.Ir/c2*19-11-7-10(8-3-5-22-12(6-8)17(24)25)13(15(21)14(11)20)9-2-1-4-23-16(9)18(26)27;/h2*1-5,7H,(H,24,25)(H,26,27);/q;;+1. The molecule has 0 amide bonds. The van der Waals surface area contributed by atoms with Crippen molar-refractivity contribution in [3.05, 3.63) is 131 Å². The molecule has 2 aromatic carbocycles. The van der Waals surface area contributed by atoms with Gasteiger partial charge in [0.15, 0.2) is 0 Å². The number of aromatic nitrogens is 4. The molecular formula is C36H16F6IrN4O8+. The monoisotopic (exact) mass is 939 g/mol. The molecule has 278 valence electrons. The number of hydrogen-bond donors (Lipinski definition) is 4. The SMILES string of the molecule is O=C(O)c1ncccc1-c1c(-c2ccnc(C(=O)O)[c]2[Ir+][c]2c(-c3cc(F)c(F)c(F)c3-c3cccnc3C(=O)O)ccnc2C(=O)O)cc(F)c(F)c1F. The summed E-state index contributed by atoms with van der Waals surface area (Å²) in [5, 5.41) is 40.1. The molecule has 0 aliphatic carbocycles. The molecule has 0 saturated heterocycles. The third kappa shape index (κ3) is 6.77. The Kier molecular flexibility index (Phi) is 10.3. The molecule has 6 aromatic rings. The van der Waals surface area contributed by atoms with E-state index in [1.54, 1.807) is 0 Å². The van der Waals surface area contributed by atoms with Gasteiger partial charge in [0.05, 0.1) is 0 Å². The zero-order chi connectivity index (χ0) is 39.9. The molecule has 0 unspecified atom stereocenters. The fourth-order valence-corrected chi connectivity index (χ4v) is 9.19. The van der Waals surface area contributed by atoms with Gasteiger partial charge in [-0.3, -0.25) is 0 Å². The Morgan fingerprint density at radius 3 is 1.13 bits per heavy atom. The predicted octanol–water partition coefficient (Wildman–Crippen LogP) is 5.60. The minimum absolute atomic E-state index is 0.413. The van der Waals surface area contributed by atoms with Crippen molar-refractivity contribution in [3.8, 4) is 44.5 Å². The molecule has 0 atom stereocenters. The Bertz CT molecular complexity index is 2470. The fraction of sp³-hybridized carbons (Fsp3) is 0. The van der Waals surface area contributed by atoms with E-state index in [4.69, 9.17) is 0 Å². The topological polar surface area (TPSA) is 201 Å². The molecular weight excluding hydrogens is 923 g/mol. The molecule has 12 nitrogen and oxygen atoms in total. The number of pyridine rings is 4. The summed E-state index contributed by atoms with van der Waals surface area (Å²) in [4.78, 5) is 64.5. The van der Waals surface area contributed by atoms with Gasteiger partial charge in [0, 0.05) is 0 Å². The van der Waals surface area contributed by atoms with E-state index < -0.39 is 152 Å². The number of rotatable bonds is 10. The van der Waals surface area contributed by atoms with Crippen molar-refractivity contribution in [2.75, 3.05) is 0 Å². The van der Waals surface area contributed by atoms with Crippen LogP contribution in [0.5, 0.6) is 0 Å². The Morgan fingerprint density at radius 2 is 0.782 bits per heavy atom. The van der Waals surface area contributed by atoms with Gasteiger partial charge in [-0.15, -0.1) is 0 Å². The van der Waals surface area contributed by atoms with Crippen LogP contribution in [0.4, 0.5) is 26.3 Å². The van der Waals surface area contributed by atoms with Gasteiger partial charge in [0.25, 0.3) is 0 Å². The Hall–Kier alpha value is -6.85. The van der Waals surface area contributed by atoms with Gasteiger partial charge < -0.3 is 0 Å². The summed E-state index contributed by atoms with van der Waals surface area (Å²) >= 11 is -2.67. The summed E-state index contributed by atoms with van der Waals surface area (Å²) < 4.78 is 90.6. The summed E-state index contributed by atoms with van der Waals surface area (Å²) in [7, 11) is 0. The summed E-state index contributed by atoms with van der Waals surface area (Å²) in [5.74, 6) is -18.4. The van der Waals surface area contributed by atoms with Crippen LogP contribution in [0.3, 0.4) is 0 Å². The van der Waals surface area contributed by atoms with Crippen molar-refractivity contribution >= 4 is 32.0 Å². The molecule has 0 aliphatic rings. The summed E-state index contributed by atoms with van der Waals surface area (Å²) in [5.41, 5.74) is -8.27. The zero-order valence-corrected chi connectivity index (χ0v) is 29.1. The van der Waals surface area contributed by atoms with E-state index in [-0.39, 0.29) is 0 Å². The number of aromatic carboxylic acids is 4. The van der Waals surface area contributed by atoms with Crippen LogP contribution in [-0.2, 0) is 17.7 Å². The first-order valence-corrected chi connectivity index (χ1v) is 17.3. The first-order chi connectivity index (χ1) is 26.1. The third-order valence-corrected chi connectivity index (χ3v) is 11.4. The first kappa shape index (κ1) is 37.9. The fourth-order valence-electron chi connectivity index (χ4n) is 5.52. The average Bonchev–Trinajstić information content (AvgIpc) is 3.15. The predicted molar refractivity (Wildman–Crippen MR) is 173 cm³/mol. The second kappa shape index (κ2) is 14.9. The van der Waals surface area contributed by atoms with Gasteiger partial charge in [-0.2, -0.15) is 0 Å². The van der Waals surface area contributed by atoms with Gasteiger partial charge >= 0.3 is 311 Å². The summed E-state index contributed by atoms with van der Waals surface area (Å²) in [6.07, 6.45) is 3.82. The van der Waals surface area contributed by atoms with E-state index in [1.165, 1.54) is 0 Å². The van der Waals surface area contributed by atoms with Gasteiger partial charge in [-0.05, 0) is 0 Å². The second-order valence-corrected chi connectivity index (χ2v) is 13.9. The number of nitrogens with zero attached hydrogens (tertiary/aromatic N) is 4. The normalized spacial score (nSPS) is 11.1. The van der Waals surface area contributed by atoms with Crippen LogP contribution in [0, 0.1) is 34.9 Å². The van der Waals surface area contributed by atoms with E-state index in [1.807, 2.05) is 0 Å². The van der Waals surface area contributed by atoms with Crippen LogP contribution < -0.4 is 8.15 Å². The number of halogens is 6. The third-order valence-electron chi connectivity index (χ3n) is 7.77. The number of hydrogen-bond acceptors (Lipinski definition) is 8. The van der Waals surface area contributed by atoms with Crippen LogP contribution in [0.15, 0.2) is 73.3 Å². The van der Waals surface area contributed by atoms with Crippen molar-refractivity contribution in [2.24, 2.45) is 0 Å². The Balaban J connectivity index is 1.72. The Labute approximate surface area is 310 Å². The zero-order valence-electron chi connectivity index (χ0n) is 26.7. The van der Waals surface area contributed by atoms with Crippen molar-refractivity contribution in [3.63, 3.8) is 0 Å². The quantitative estimate of drug-likeness (QED) is 0.0982. The molecule has 0 aliphatic heterocycles. The van der Waals surface area contributed by atoms with Crippen LogP contribution in [0.1, 0.15) is 42.0 Å². The Morgan fingerprint density at radius 1 is 0.436 bits per heavy atom. The summed E-state index contributed by atoms with van der Waals surface area (Å²) in [6.45, 7) is 0. The molecule has 4 heterocycles. The molecule has 0 radical (unpaired) electrons. The molecule has 0 fully saturated rings. The molecule has 0 bridgehead atoms. The van der Waals surface area contributed by atoms with Gasteiger partial charge in [-0.25, -0.2) is 0 Å². The van der Waals surface area contributed by atoms with E-state index in [0.717, 1.165) is 61.2 Å². The molecule has 0 spiro atoms. The van der Waals surface area contributed by atoms with Crippen LogP contribution in [0.2, 0.25) is 0 Å². The van der Waals surface area contributed by atoms with Crippen LogP contribution in [-0.4, -0.2) is 64.2 Å². The van der Waals surface area contributed by atoms with Crippen molar-refractivity contribution in [2.45, 2.75) is 0 Å². The number of benzene rings is 2. The maximum absolute atomic E-state index is 15.8. The van der Waals surface area contributed by atoms with E-state index in [9.17, 15) is 48.4 Å². The van der Waals surface area contributed by atoms with E-state index in [0.29, 0.717) is 12.1 Å². The number of carboxylic acids is 4. The molecule has 4 N–H and O–H groups in total. The average molecular weight is 939 g/mol. The van der Waals surface area contributed by atoms with Gasteiger partial charge in [0.1, 0.15) is 0 Å². The van der Waals surface area contributed by atoms with E-state index in [2.05, 4.69) is 19.9 Å². The van der Waals surface area contributed by atoms with Crippen molar-refractivity contribution < 1.29 is 83.6 Å². The minimum atomic E-state index is -2.67. The van der Waals surface area contributed by atoms with Crippen molar-refractivity contribution in [1.29, 1.82) is 0 Å². The molecule has 4 aromatic heterocycles. The second-order valence-electron chi connectivity index (χ2n) is 10.9.